The summed E-state index contributed by atoms with van der Waals surface area (Å²) < 4.78 is 7.01. The van der Waals surface area contributed by atoms with Crippen molar-refractivity contribution in [1.82, 2.24) is 9.55 Å². The zero-order valence-corrected chi connectivity index (χ0v) is 10.9. The lowest BCUT2D eigenvalue weighted by atomic mass is 10.2. The van der Waals surface area contributed by atoms with Crippen LogP contribution in [0.5, 0.6) is 0 Å². The molecule has 0 radical (unpaired) electrons. The fraction of sp³-hybridized carbons (Fsp3) is 0.0667. The highest BCUT2D eigenvalue weighted by Gasteiger charge is 2.11. The van der Waals surface area contributed by atoms with Gasteiger partial charge in [0.15, 0.2) is 0 Å². The maximum absolute atomic E-state index is 12.1. The second-order valence-corrected chi connectivity index (χ2v) is 4.36. The van der Waals surface area contributed by atoms with Crippen molar-refractivity contribution in [2.24, 2.45) is 0 Å². The predicted molar refractivity (Wildman–Crippen MR) is 75.0 cm³/mol. The molecule has 0 saturated carbocycles. The summed E-state index contributed by atoms with van der Waals surface area (Å²) in [6.07, 6.45) is 6.77. The van der Waals surface area contributed by atoms with Crippen LogP contribution in [-0.2, 0) is 0 Å². The normalized spacial score (nSPS) is 10.4. The Balaban J connectivity index is 1.83. The lowest BCUT2D eigenvalue weighted by Crippen LogP contribution is -2.12. The molecule has 3 aromatic rings. The maximum atomic E-state index is 12.1. The molecule has 0 saturated heterocycles. The lowest BCUT2D eigenvalue weighted by Gasteiger charge is -2.07. The molecule has 0 aliphatic heterocycles. The highest BCUT2D eigenvalue weighted by molar-refractivity contribution is 6.05. The fourth-order valence-electron chi connectivity index (χ4n) is 1.98. The molecular weight excluding hydrogens is 254 g/mol. The van der Waals surface area contributed by atoms with Gasteiger partial charge < -0.3 is 14.3 Å². The van der Waals surface area contributed by atoms with E-state index in [0.29, 0.717) is 11.3 Å². The van der Waals surface area contributed by atoms with Crippen molar-refractivity contribution in [1.29, 1.82) is 0 Å². The van der Waals surface area contributed by atoms with Gasteiger partial charge in [-0.25, -0.2) is 4.98 Å². The monoisotopic (exact) mass is 267 g/mol. The van der Waals surface area contributed by atoms with Crippen LogP contribution in [0.25, 0.3) is 5.69 Å². The molecule has 1 amide bonds. The van der Waals surface area contributed by atoms with Gasteiger partial charge in [-0.3, -0.25) is 4.79 Å². The van der Waals surface area contributed by atoms with Crippen LogP contribution in [0, 0.1) is 6.92 Å². The molecule has 0 spiro atoms. The van der Waals surface area contributed by atoms with Crippen molar-refractivity contribution < 1.29 is 9.21 Å². The summed E-state index contributed by atoms with van der Waals surface area (Å²) >= 11 is 0. The topological polar surface area (TPSA) is 60.1 Å². The number of aromatic nitrogens is 2. The van der Waals surface area contributed by atoms with Gasteiger partial charge in [-0.15, -0.1) is 0 Å². The average Bonchev–Trinajstić information content (AvgIpc) is 3.09. The number of furan rings is 1. The fourth-order valence-corrected chi connectivity index (χ4v) is 1.98. The van der Waals surface area contributed by atoms with E-state index in [-0.39, 0.29) is 5.91 Å². The number of nitrogens with zero attached hydrogens (tertiary/aromatic N) is 2. The summed E-state index contributed by atoms with van der Waals surface area (Å²) in [6.45, 7) is 1.76. The minimum atomic E-state index is -0.181. The molecular formula is C15H13N3O2. The first-order valence-electron chi connectivity index (χ1n) is 6.18. The number of rotatable bonds is 3. The van der Waals surface area contributed by atoms with E-state index in [1.807, 2.05) is 35.0 Å². The Kier molecular flexibility index (Phi) is 3.09. The van der Waals surface area contributed by atoms with E-state index in [2.05, 4.69) is 10.3 Å². The minimum absolute atomic E-state index is 0.181. The molecule has 0 aliphatic rings. The van der Waals surface area contributed by atoms with Crippen LogP contribution in [0.15, 0.2) is 59.7 Å². The molecule has 5 nitrogen and oxygen atoms in total. The Labute approximate surface area is 115 Å². The Morgan fingerprint density at radius 1 is 1.35 bits per heavy atom. The predicted octanol–water partition coefficient (Wildman–Crippen LogP) is 3.03. The van der Waals surface area contributed by atoms with Crippen molar-refractivity contribution in [3.05, 3.63) is 66.6 Å². The largest absolute Gasteiger partial charge is 0.469 e. The van der Waals surface area contributed by atoms with E-state index in [9.17, 15) is 4.79 Å². The van der Waals surface area contributed by atoms with Crippen LogP contribution >= 0.6 is 0 Å². The number of carbonyl (C=O) groups is 1. The summed E-state index contributed by atoms with van der Waals surface area (Å²) in [5.74, 6) is 0.423. The third kappa shape index (κ3) is 2.33. The van der Waals surface area contributed by atoms with Gasteiger partial charge in [0.1, 0.15) is 5.76 Å². The molecule has 5 heteroatoms. The molecule has 0 aliphatic carbocycles. The smallest absolute Gasteiger partial charge is 0.259 e. The number of imidazole rings is 1. The molecule has 2 aromatic heterocycles. The Morgan fingerprint density at radius 2 is 2.25 bits per heavy atom. The molecule has 0 bridgehead atoms. The van der Waals surface area contributed by atoms with Crippen LogP contribution in [-0.4, -0.2) is 15.5 Å². The molecule has 0 atom stereocenters. The SMILES string of the molecule is Cc1occc1C(=O)Nc1cccc(-n2ccnc2)c1. The lowest BCUT2D eigenvalue weighted by molar-refractivity contribution is 0.102. The van der Waals surface area contributed by atoms with E-state index in [1.54, 1.807) is 25.5 Å². The molecule has 3 rings (SSSR count). The van der Waals surface area contributed by atoms with E-state index in [4.69, 9.17) is 4.42 Å². The Bertz CT molecular complexity index is 729. The number of anilines is 1. The third-order valence-electron chi connectivity index (χ3n) is 3.01. The highest BCUT2D eigenvalue weighted by atomic mass is 16.3. The molecule has 20 heavy (non-hydrogen) atoms. The van der Waals surface area contributed by atoms with E-state index in [1.165, 1.54) is 6.26 Å². The van der Waals surface area contributed by atoms with Crippen LogP contribution < -0.4 is 5.32 Å². The van der Waals surface area contributed by atoms with E-state index < -0.39 is 0 Å². The number of aryl methyl sites for hydroxylation is 1. The number of carbonyl (C=O) groups excluding carboxylic acids is 1. The molecule has 100 valence electrons. The third-order valence-corrected chi connectivity index (χ3v) is 3.01. The first-order valence-corrected chi connectivity index (χ1v) is 6.18. The minimum Gasteiger partial charge on any atom is -0.469 e. The summed E-state index contributed by atoms with van der Waals surface area (Å²) in [4.78, 5) is 16.1. The molecule has 0 fully saturated rings. The molecule has 1 aromatic carbocycles. The second-order valence-electron chi connectivity index (χ2n) is 4.36. The second kappa shape index (κ2) is 5.05. The Hall–Kier alpha value is -2.82. The highest BCUT2D eigenvalue weighted by Crippen LogP contribution is 2.16. The zero-order valence-electron chi connectivity index (χ0n) is 10.9. The summed E-state index contributed by atoms with van der Waals surface area (Å²) in [5, 5.41) is 2.85. The zero-order chi connectivity index (χ0) is 13.9. The van der Waals surface area contributed by atoms with Crippen molar-refractivity contribution >= 4 is 11.6 Å². The number of amides is 1. The van der Waals surface area contributed by atoms with E-state index >= 15 is 0 Å². The quantitative estimate of drug-likeness (QED) is 0.793. The molecule has 2 heterocycles. The van der Waals surface area contributed by atoms with Crippen molar-refractivity contribution in [2.45, 2.75) is 6.92 Å². The van der Waals surface area contributed by atoms with Crippen molar-refractivity contribution in [3.63, 3.8) is 0 Å². The van der Waals surface area contributed by atoms with Gasteiger partial charge in [0, 0.05) is 23.8 Å². The first kappa shape index (κ1) is 12.2. The number of hydrogen-bond acceptors (Lipinski definition) is 3. The van der Waals surface area contributed by atoms with Crippen molar-refractivity contribution in [2.75, 3.05) is 5.32 Å². The van der Waals surface area contributed by atoms with Gasteiger partial charge in [0.25, 0.3) is 5.91 Å². The number of hydrogen-bond donors (Lipinski definition) is 1. The average molecular weight is 267 g/mol. The summed E-state index contributed by atoms with van der Waals surface area (Å²) in [5.41, 5.74) is 2.20. The van der Waals surface area contributed by atoms with Crippen LogP contribution in [0.2, 0.25) is 0 Å². The summed E-state index contributed by atoms with van der Waals surface area (Å²) in [6, 6.07) is 9.21. The van der Waals surface area contributed by atoms with Gasteiger partial charge in [0.05, 0.1) is 18.2 Å². The molecule has 1 N–H and O–H groups in total. The number of benzene rings is 1. The van der Waals surface area contributed by atoms with Gasteiger partial charge in [0.2, 0.25) is 0 Å². The number of nitrogens with one attached hydrogen (secondary N) is 1. The van der Waals surface area contributed by atoms with Gasteiger partial charge in [-0.05, 0) is 31.2 Å². The van der Waals surface area contributed by atoms with Crippen LogP contribution in [0.3, 0.4) is 0 Å². The maximum Gasteiger partial charge on any atom is 0.259 e. The van der Waals surface area contributed by atoms with Crippen LogP contribution in [0.4, 0.5) is 5.69 Å². The van der Waals surface area contributed by atoms with Gasteiger partial charge >= 0.3 is 0 Å². The van der Waals surface area contributed by atoms with Gasteiger partial charge in [-0.2, -0.15) is 0 Å². The Morgan fingerprint density at radius 3 is 2.95 bits per heavy atom. The van der Waals surface area contributed by atoms with Crippen molar-refractivity contribution in [3.8, 4) is 5.69 Å². The van der Waals surface area contributed by atoms with Crippen LogP contribution in [0.1, 0.15) is 16.1 Å². The molecule has 0 unspecified atom stereocenters. The standard InChI is InChI=1S/C15H13N3O2/c1-11-14(5-8-20-11)15(19)17-12-3-2-4-13(9-12)18-7-6-16-10-18/h2-10H,1H3,(H,17,19). The first-order chi connectivity index (χ1) is 9.74. The van der Waals surface area contributed by atoms with Gasteiger partial charge in [-0.1, -0.05) is 6.07 Å². The van der Waals surface area contributed by atoms with E-state index in [0.717, 1.165) is 11.4 Å². The summed E-state index contributed by atoms with van der Waals surface area (Å²) in [7, 11) is 0.